The van der Waals surface area contributed by atoms with E-state index < -0.39 is 0 Å². The molecule has 3 unspecified atom stereocenters. The van der Waals surface area contributed by atoms with E-state index in [-0.39, 0.29) is 23.9 Å². The summed E-state index contributed by atoms with van der Waals surface area (Å²) in [4.78, 5) is 20.5. The SMILES string of the molecule is Cc1cn2nc(C3CCCCN3C(=O)c3cn[nH]c3C(C)C)cc2nc1C1CCC(N)C1. The molecule has 3 aromatic heterocycles. The summed E-state index contributed by atoms with van der Waals surface area (Å²) in [5.41, 5.74) is 11.8. The van der Waals surface area contributed by atoms with Crippen molar-refractivity contribution < 1.29 is 4.79 Å². The molecule has 8 heteroatoms. The molecule has 1 aliphatic carbocycles. The quantitative estimate of drug-likeness (QED) is 0.648. The van der Waals surface area contributed by atoms with E-state index in [9.17, 15) is 4.79 Å². The van der Waals surface area contributed by atoms with E-state index in [1.807, 2.05) is 9.42 Å². The van der Waals surface area contributed by atoms with Crippen molar-refractivity contribution in [2.24, 2.45) is 5.73 Å². The van der Waals surface area contributed by atoms with Crippen LogP contribution in [0.1, 0.15) is 103 Å². The first-order valence-electron chi connectivity index (χ1n) is 11.9. The van der Waals surface area contributed by atoms with Crippen LogP contribution in [0.15, 0.2) is 18.5 Å². The van der Waals surface area contributed by atoms with Crippen molar-refractivity contribution in [3.05, 3.63) is 46.7 Å². The maximum Gasteiger partial charge on any atom is 0.257 e. The Kier molecular flexibility index (Phi) is 5.49. The van der Waals surface area contributed by atoms with Gasteiger partial charge in [-0.05, 0) is 56.9 Å². The van der Waals surface area contributed by atoms with Crippen LogP contribution in [0.25, 0.3) is 5.65 Å². The molecule has 8 nitrogen and oxygen atoms in total. The first-order valence-corrected chi connectivity index (χ1v) is 11.9. The maximum atomic E-state index is 13.5. The second kappa shape index (κ2) is 8.31. The summed E-state index contributed by atoms with van der Waals surface area (Å²) in [5, 5.41) is 12.0. The summed E-state index contributed by atoms with van der Waals surface area (Å²) >= 11 is 0. The lowest BCUT2D eigenvalue weighted by atomic mass is 9.97. The second-order valence-electron chi connectivity index (χ2n) is 9.81. The summed E-state index contributed by atoms with van der Waals surface area (Å²) in [5.74, 6) is 0.676. The van der Waals surface area contributed by atoms with Gasteiger partial charge in [0.05, 0.1) is 34.9 Å². The second-order valence-corrected chi connectivity index (χ2v) is 9.81. The minimum absolute atomic E-state index is 0.0361. The van der Waals surface area contributed by atoms with Crippen LogP contribution in [0.4, 0.5) is 0 Å². The molecule has 0 aromatic carbocycles. The fraction of sp³-hybridized carbons (Fsp3) is 0.583. The Balaban J connectivity index is 1.47. The van der Waals surface area contributed by atoms with Crippen LogP contribution in [0.5, 0.6) is 0 Å². The maximum absolute atomic E-state index is 13.5. The van der Waals surface area contributed by atoms with Gasteiger partial charge in [-0.15, -0.1) is 0 Å². The minimum Gasteiger partial charge on any atom is -0.330 e. The third-order valence-corrected chi connectivity index (χ3v) is 7.13. The number of aryl methyl sites for hydroxylation is 1. The summed E-state index contributed by atoms with van der Waals surface area (Å²) < 4.78 is 1.87. The Morgan fingerprint density at radius 1 is 1.25 bits per heavy atom. The summed E-state index contributed by atoms with van der Waals surface area (Å²) in [7, 11) is 0. The smallest absolute Gasteiger partial charge is 0.257 e. The Morgan fingerprint density at radius 3 is 2.84 bits per heavy atom. The number of fused-ring (bicyclic) bond motifs is 1. The van der Waals surface area contributed by atoms with Crippen LogP contribution in [0, 0.1) is 6.92 Å². The predicted octanol–water partition coefficient (Wildman–Crippen LogP) is 3.85. The van der Waals surface area contributed by atoms with E-state index in [1.54, 1.807) is 6.20 Å². The highest BCUT2D eigenvalue weighted by Gasteiger charge is 2.33. The number of aromatic nitrogens is 5. The number of likely N-dealkylation sites (tertiary alicyclic amines) is 1. The van der Waals surface area contributed by atoms with Gasteiger partial charge in [-0.3, -0.25) is 9.89 Å². The molecule has 3 N–H and O–H groups in total. The molecule has 3 aromatic rings. The molecule has 2 aliphatic rings. The lowest BCUT2D eigenvalue weighted by Crippen LogP contribution is -2.39. The molecule has 3 atom stereocenters. The van der Waals surface area contributed by atoms with Gasteiger partial charge in [-0.2, -0.15) is 10.2 Å². The first kappa shape index (κ1) is 21.1. The molecule has 4 heterocycles. The highest BCUT2D eigenvalue weighted by Crippen LogP contribution is 2.36. The zero-order valence-electron chi connectivity index (χ0n) is 19.2. The molecule has 1 amide bonds. The normalized spacial score (nSPS) is 24.0. The van der Waals surface area contributed by atoms with E-state index >= 15 is 0 Å². The molecule has 170 valence electrons. The van der Waals surface area contributed by atoms with Crippen LogP contribution < -0.4 is 5.73 Å². The Labute approximate surface area is 188 Å². The summed E-state index contributed by atoms with van der Waals surface area (Å²) in [6.45, 7) is 6.99. The fourth-order valence-corrected chi connectivity index (χ4v) is 5.43. The van der Waals surface area contributed by atoms with Crippen molar-refractivity contribution in [1.29, 1.82) is 0 Å². The van der Waals surface area contributed by atoms with Gasteiger partial charge >= 0.3 is 0 Å². The number of rotatable bonds is 4. The van der Waals surface area contributed by atoms with Gasteiger partial charge in [0.2, 0.25) is 0 Å². The minimum atomic E-state index is -0.0449. The highest BCUT2D eigenvalue weighted by molar-refractivity contribution is 5.95. The topological polar surface area (TPSA) is 105 Å². The van der Waals surface area contributed by atoms with E-state index in [0.717, 1.165) is 73.4 Å². The van der Waals surface area contributed by atoms with Crippen LogP contribution in [-0.4, -0.2) is 48.2 Å². The lowest BCUT2D eigenvalue weighted by molar-refractivity contribution is 0.0604. The molecular formula is C24H33N7O. The van der Waals surface area contributed by atoms with Gasteiger partial charge in [-0.1, -0.05) is 13.8 Å². The zero-order chi connectivity index (χ0) is 22.4. The van der Waals surface area contributed by atoms with Crippen molar-refractivity contribution in [1.82, 2.24) is 29.7 Å². The zero-order valence-corrected chi connectivity index (χ0v) is 19.2. The molecule has 1 saturated carbocycles. The number of hydrogen-bond donors (Lipinski definition) is 2. The largest absolute Gasteiger partial charge is 0.330 e. The monoisotopic (exact) mass is 435 g/mol. The van der Waals surface area contributed by atoms with E-state index in [2.05, 4.69) is 43.2 Å². The third-order valence-electron chi connectivity index (χ3n) is 7.13. The number of H-pyrrole nitrogens is 1. The predicted molar refractivity (Wildman–Crippen MR) is 123 cm³/mol. The molecule has 0 bridgehead atoms. The standard InChI is InChI=1S/C24H33N7O/c1-14(2)22-18(12-26-28-22)24(32)30-9-5-4-6-20(30)19-11-21-27-23(15(3)13-31(21)29-19)16-7-8-17(25)10-16/h11-14,16-17,20H,4-10,25H2,1-3H3,(H,26,28). The number of aromatic amines is 1. The van der Waals surface area contributed by atoms with Crippen LogP contribution >= 0.6 is 0 Å². The summed E-state index contributed by atoms with van der Waals surface area (Å²) in [6, 6.07) is 2.29. The van der Waals surface area contributed by atoms with Gasteiger partial charge in [0, 0.05) is 30.8 Å². The molecular weight excluding hydrogens is 402 g/mol. The average molecular weight is 436 g/mol. The van der Waals surface area contributed by atoms with Gasteiger partial charge in [0.1, 0.15) is 0 Å². The third kappa shape index (κ3) is 3.70. The number of piperidine rings is 1. The van der Waals surface area contributed by atoms with Crippen molar-refractivity contribution >= 4 is 11.6 Å². The van der Waals surface area contributed by atoms with Gasteiger partial charge in [0.25, 0.3) is 5.91 Å². The molecule has 32 heavy (non-hydrogen) atoms. The number of nitrogens with one attached hydrogen (secondary N) is 1. The number of carbonyl (C=O) groups is 1. The number of carbonyl (C=O) groups excluding carboxylic acids is 1. The van der Waals surface area contributed by atoms with E-state index in [0.29, 0.717) is 11.5 Å². The molecule has 1 saturated heterocycles. The van der Waals surface area contributed by atoms with Gasteiger partial charge in [-0.25, -0.2) is 9.50 Å². The van der Waals surface area contributed by atoms with Crippen molar-refractivity contribution in [2.75, 3.05) is 6.54 Å². The van der Waals surface area contributed by atoms with Crippen LogP contribution in [-0.2, 0) is 0 Å². The van der Waals surface area contributed by atoms with E-state index in [1.165, 1.54) is 0 Å². The molecule has 0 radical (unpaired) electrons. The van der Waals surface area contributed by atoms with Gasteiger partial charge < -0.3 is 10.6 Å². The van der Waals surface area contributed by atoms with E-state index in [4.69, 9.17) is 15.8 Å². The van der Waals surface area contributed by atoms with Crippen molar-refractivity contribution in [3.63, 3.8) is 0 Å². The average Bonchev–Trinajstić information content (AvgIpc) is 3.51. The number of amides is 1. The van der Waals surface area contributed by atoms with Crippen molar-refractivity contribution in [3.8, 4) is 0 Å². The fourth-order valence-electron chi connectivity index (χ4n) is 5.43. The Morgan fingerprint density at radius 2 is 2.09 bits per heavy atom. The molecule has 2 fully saturated rings. The molecule has 1 aliphatic heterocycles. The van der Waals surface area contributed by atoms with Gasteiger partial charge in [0.15, 0.2) is 5.65 Å². The molecule has 0 spiro atoms. The number of nitrogens with zero attached hydrogens (tertiary/aromatic N) is 5. The Hall–Kier alpha value is -2.74. The lowest BCUT2D eigenvalue weighted by Gasteiger charge is -2.34. The number of nitrogens with two attached hydrogens (primary N) is 1. The highest BCUT2D eigenvalue weighted by atomic mass is 16.2. The summed E-state index contributed by atoms with van der Waals surface area (Å²) in [6.07, 6.45) is 9.90. The first-order chi connectivity index (χ1) is 15.4. The van der Waals surface area contributed by atoms with Crippen LogP contribution in [0.2, 0.25) is 0 Å². The van der Waals surface area contributed by atoms with Crippen LogP contribution in [0.3, 0.4) is 0 Å². The molecule has 5 rings (SSSR count). The van der Waals surface area contributed by atoms with Crippen molar-refractivity contribution in [2.45, 2.75) is 83.2 Å². The Bertz CT molecular complexity index is 1130. The number of hydrogen-bond acceptors (Lipinski definition) is 5.